The van der Waals surface area contributed by atoms with E-state index in [-0.39, 0.29) is 16.7 Å². The first-order valence-corrected chi connectivity index (χ1v) is 8.80. The average Bonchev–Trinajstić information content (AvgIpc) is 2.54. The molecule has 0 spiro atoms. The Morgan fingerprint density at radius 3 is 2.46 bits per heavy atom. The van der Waals surface area contributed by atoms with E-state index in [0.29, 0.717) is 25.7 Å². The Bertz CT molecular complexity index is 739. The molecule has 0 bridgehead atoms. The largest absolute Gasteiger partial charge is 0.490 e. The van der Waals surface area contributed by atoms with Crippen molar-refractivity contribution in [1.29, 1.82) is 0 Å². The first-order chi connectivity index (χ1) is 11.2. The van der Waals surface area contributed by atoms with Crippen molar-refractivity contribution in [2.75, 3.05) is 7.11 Å². The molecule has 0 aliphatic heterocycles. The number of carboxylic acid groups (broad SMARTS) is 1. The minimum absolute atomic E-state index is 0.0269. The number of benzene rings is 1. The summed E-state index contributed by atoms with van der Waals surface area (Å²) in [4.78, 5) is 21.0. The van der Waals surface area contributed by atoms with E-state index in [1.54, 1.807) is 0 Å². The van der Waals surface area contributed by atoms with Crippen LogP contribution in [-0.4, -0.2) is 37.6 Å². The molecule has 1 aromatic carbocycles. The van der Waals surface area contributed by atoms with Crippen molar-refractivity contribution in [3.05, 3.63) is 28.3 Å². The van der Waals surface area contributed by atoms with Gasteiger partial charge < -0.3 is 9.84 Å². The lowest BCUT2D eigenvalue weighted by atomic mass is 9.87. The van der Waals surface area contributed by atoms with Crippen LogP contribution in [0.2, 0.25) is 0 Å². The zero-order chi connectivity index (χ0) is 17.9. The molecule has 0 saturated heterocycles. The van der Waals surface area contributed by atoms with Gasteiger partial charge in [-0.2, -0.15) is 0 Å². The van der Waals surface area contributed by atoms with Crippen molar-refractivity contribution < 1.29 is 28.0 Å². The van der Waals surface area contributed by atoms with Crippen LogP contribution in [0.5, 0.6) is 5.75 Å². The van der Waals surface area contributed by atoms with Gasteiger partial charge in [0, 0.05) is 12.1 Å². The fourth-order valence-electron chi connectivity index (χ4n) is 2.73. The molecule has 0 heterocycles. The number of hydrogen-bond donors (Lipinski definition) is 2. The Balaban J connectivity index is 2.15. The molecule has 0 radical (unpaired) electrons. The molecule has 1 fully saturated rings. The van der Waals surface area contributed by atoms with Crippen LogP contribution in [0.1, 0.15) is 25.7 Å². The molecule has 10 heteroatoms. The second-order valence-electron chi connectivity index (χ2n) is 5.60. The molecule has 2 rings (SSSR count). The third kappa shape index (κ3) is 4.01. The van der Waals surface area contributed by atoms with E-state index in [1.807, 2.05) is 0 Å². The number of methoxy groups -OCH3 is 1. The maximum Gasteiger partial charge on any atom is 0.312 e. The third-order valence-electron chi connectivity index (χ3n) is 4.06. The number of nitrogens with one attached hydrogen (secondary N) is 1. The second kappa shape index (κ2) is 7.14. The zero-order valence-corrected chi connectivity index (χ0v) is 13.8. The summed E-state index contributed by atoms with van der Waals surface area (Å²) in [6, 6.07) is 3.03. The first-order valence-electron chi connectivity index (χ1n) is 7.32. The maximum absolute atomic E-state index is 12.4. The summed E-state index contributed by atoms with van der Waals surface area (Å²) < 4.78 is 32.1. The van der Waals surface area contributed by atoms with Gasteiger partial charge in [0.05, 0.1) is 22.8 Å². The fourth-order valence-corrected chi connectivity index (χ4v) is 4.05. The van der Waals surface area contributed by atoms with Gasteiger partial charge in [-0.25, -0.2) is 13.1 Å². The smallest absolute Gasteiger partial charge is 0.312 e. The van der Waals surface area contributed by atoms with E-state index in [4.69, 9.17) is 9.84 Å². The molecule has 0 unspecified atom stereocenters. The van der Waals surface area contributed by atoms with Crippen molar-refractivity contribution in [3.8, 4) is 5.75 Å². The molecular weight excluding hydrogens is 340 g/mol. The van der Waals surface area contributed by atoms with Crippen molar-refractivity contribution in [2.45, 2.75) is 36.6 Å². The van der Waals surface area contributed by atoms with Crippen LogP contribution in [0.25, 0.3) is 0 Å². The predicted octanol–water partition coefficient (Wildman–Crippen LogP) is 1.53. The number of rotatable bonds is 6. The minimum Gasteiger partial charge on any atom is -0.490 e. The Morgan fingerprint density at radius 1 is 1.33 bits per heavy atom. The molecule has 1 saturated carbocycles. The first kappa shape index (κ1) is 18.1. The molecule has 0 amide bonds. The van der Waals surface area contributed by atoms with Crippen LogP contribution in [0.15, 0.2) is 23.1 Å². The van der Waals surface area contributed by atoms with Crippen LogP contribution in [-0.2, 0) is 14.8 Å². The van der Waals surface area contributed by atoms with Crippen LogP contribution < -0.4 is 9.46 Å². The summed E-state index contributed by atoms with van der Waals surface area (Å²) in [5, 5.41) is 20.0. The highest BCUT2D eigenvalue weighted by molar-refractivity contribution is 7.89. The van der Waals surface area contributed by atoms with Crippen molar-refractivity contribution >= 4 is 21.7 Å². The van der Waals surface area contributed by atoms with E-state index in [9.17, 15) is 23.3 Å². The SMILES string of the molecule is COc1ccc(S(=O)(=O)NC2CCC(C(=O)O)CC2)cc1[N+](=O)[O-]. The summed E-state index contributed by atoms with van der Waals surface area (Å²) in [5.74, 6) is -1.35. The van der Waals surface area contributed by atoms with Gasteiger partial charge in [0.2, 0.25) is 10.0 Å². The number of hydrogen-bond acceptors (Lipinski definition) is 6. The monoisotopic (exact) mass is 358 g/mol. The number of ether oxygens (including phenoxy) is 1. The summed E-state index contributed by atoms with van der Waals surface area (Å²) >= 11 is 0. The number of aliphatic carboxylic acids is 1. The second-order valence-corrected chi connectivity index (χ2v) is 7.31. The van der Waals surface area contributed by atoms with Gasteiger partial charge in [0.15, 0.2) is 5.75 Å². The van der Waals surface area contributed by atoms with E-state index in [1.165, 1.54) is 19.2 Å². The van der Waals surface area contributed by atoms with Gasteiger partial charge in [-0.3, -0.25) is 14.9 Å². The molecular formula is C14H18N2O7S. The number of nitrogens with zero attached hydrogens (tertiary/aromatic N) is 1. The van der Waals surface area contributed by atoms with Gasteiger partial charge in [0.1, 0.15) is 0 Å². The number of sulfonamides is 1. The molecule has 0 atom stereocenters. The number of carboxylic acids is 1. The molecule has 1 aliphatic rings. The summed E-state index contributed by atoms with van der Waals surface area (Å²) in [5.41, 5.74) is -0.435. The molecule has 1 aliphatic carbocycles. The normalized spacial score (nSPS) is 21.2. The van der Waals surface area contributed by atoms with E-state index >= 15 is 0 Å². The molecule has 24 heavy (non-hydrogen) atoms. The van der Waals surface area contributed by atoms with Gasteiger partial charge in [-0.05, 0) is 37.8 Å². The lowest BCUT2D eigenvalue weighted by Gasteiger charge is -2.26. The number of carbonyl (C=O) groups is 1. The van der Waals surface area contributed by atoms with Crippen molar-refractivity contribution in [2.24, 2.45) is 5.92 Å². The molecule has 132 valence electrons. The van der Waals surface area contributed by atoms with E-state index in [0.717, 1.165) is 6.07 Å². The standard InChI is InChI=1S/C14H18N2O7S/c1-23-13-7-6-11(8-12(13)16(19)20)24(21,22)15-10-4-2-9(3-5-10)14(17)18/h6-10,15H,2-5H2,1H3,(H,17,18). The van der Waals surface area contributed by atoms with Crippen LogP contribution >= 0.6 is 0 Å². The predicted molar refractivity (Wildman–Crippen MR) is 83.4 cm³/mol. The average molecular weight is 358 g/mol. The molecule has 1 aromatic rings. The van der Waals surface area contributed by atoms with Crippen LogP contribution in [0, 0.1) is 16.0 Å². The summed E-state index contributed by atoms with van der Waals surface area (Å²) in [6.07, 6.45) is 1.61. The third-order valence-corrected chi connectivity index (χ3v) is 5.57. The van der Waals surface area contributed by atoms with E-state index < -0.39 is 32.5 Å². The van der Waals surface area contributed by atoms with Gasteiger partial charge in [0.25, 0.3) is 0 Å². The Morgan fingerprint density at radius 2 is 1.96 bits per heavy atom. The highest BCUT2D eigenvalue weighted by atomic mass is 32.2. The summed E-state index contributed by atoms with van der Waals surface area (Å²) in [6.45, 7) is 0. The Labute approximate surface area is 138 Å². The van der Waals surface area contributed by atoms with Crippen LogP contribution in [0.4, 0.5) is 5.69 Å². The Hall–Kier alpha value is -2.20. The minimum atomic E-state index is -3.94. The van der Waals surface area contributed by atoms with Crippen molar-refractivity contribution in [1.82, 2.24) is 4.72 Å². The topological polar surface area (TPSA) is 136 Å². The van der Waals surface area contributed by atoms with E-state index in [2.05, 4.69) is 4.72 Å². The number of nitro groups is 1. The highest BCUT2D eigenvalue weighted by Crippen LogP contribution is 2.30. The van der Waals surface area contributed by atoms with Gasteiger partial charge in [-0.1, -0.05) is 0 Å². The van der Waals surface area contributed by atoms with Crippen LogP contribution in [0.3, 0.4) is 0 Å². The lowest BCUT2D eigenvalue weighted by Crippen LogP contribution is -2.38. The van der Waals surface area contributed by atoms with Gasteiger partial charge >= 0.3 is 11.7 Å². The maximum atomic E-state index is 12.4. The summed E-state index contributed by atoms with van der Waals surface area (Å²) in [7, 11) is -2.68. The quantitative estimate of drug-likeness (QED) is 0.581. The highest BCUT2D eigenvalue weighted by Gasteiger charge is 2.30. The molecule has 9 nitrogen and oxygen atoms in total. The number of nitro benzene ring substituents is 1. The zero-order valence-electron chi connectivity index (χ0n) is 13.0. The lowest BCUT2D eigenvalue weighted by molar-refractivity contribution is -0.386. The Kier molecular flexibility index (Phi) is 5.40. The molecule has 2 N–H and O–H groups in total. The van der Waals surface area contributed by atoms with Crippen molar-refractivity contribution in [3.63, 3.8) is 0 Å². The van der Waals surface area contributed by atoms with Gasteiger partial charge in [-0.15, -0.1) is 0 Å². The fraction of sp³-hybridized carbons (Fsp3) is 0.500. The molecule has 0 aromatic heterocycles.